The number of likely N-dealkylation sites (N-methyl/N-ethyl adjacent to an activating group) is 1. The number of rotatable bonds is 8. The fourth-order valence-corrected chi connectivity index (χ4v) is 3.42. The van der Waals surface area contributed by atoms with Crippen LogP contribution in [0.15, 0.2) is 54.2 Å². The Bertz CT molecular complexity index is 923. The second kappa shape index (κ2) is 9.11. The van der Waals surface area contributed by atoms with Crippen LogP contribution in [0, 0.1) is 0 Å². The highest BCUT2D eigenvalue weighted by Gasteiger charge is 2.40. The van der Waals surface area contributed by atoms with Gasteiger partial charge in [0.15, 0.2) is 0 Å². The molecular weight excluding hydrogens is 392 g/mol. The summed E-state index contributed by atoms with van der Waals surface area (Å²) in [7, 11) is 3.26. The van der Waals surface area contributed by atoms with Gasteiger partial charge in [-0.2, -0.15) is 0 Å². The smallest absolute Gasteiger partial charge is 0.277 e. The molecule has 0 unspecified atom stereocenters. The van der Waals surface area contributed by atoms with Crippen LogP contribution < -0.4 is 4.74 Å². The number of halogens is 1. The Morgan fingerprint density at radius 3 is 2.28 bits per heavy atom. The van der Waals surface area contributed by atoms with E-state index in [1.807, 2.05) is 12.1 Å². The summed E-state index contributed by atoms with van der Waals surface area (Å²) in [6.45, 7) is 0.386. The number of benzene rings is 2. The van der Waals surface area contributed by atoms with Crippen molar-refractivity contribution in [1.82, 2.24) is 9.80 Å². The predicted octanol–water partition coefficient (Wildman–Crippen LogP) is 2.60. The van der Waals surface area contributed by atoms with Gasteiger partial charge in [0.25, 0.3) is 11.8 Å². The fraction of sp³-hybridized carbons (Fsp3) is 0.273. The first-order valence-electron chi connectivity index (χ1n) is 9.27. The van der Waals surface area contributed by atoms with Gasteiger partial charge in [-0.25, -0.2) is 0 Å². The van der Waals surface area contributed by atoms with E-state index < -0.39 is 0 Å². The summed E-state index contributed by atoms with van der Waals surface area (Å²) in [6.07, 6.45) is 0.529. The number of aliphatic hydroxyl groups excluding tert-OH is 1. The number of ether oxygens (including phenoxy) is 1. The van der Waals surface area contributed by atoms with Crippen LogP contribution in [0.4, 0.5) is 0 Å². The van der Waals surface area contributed by atoms with E-state index in [1.165, 1.54) is 4.90 Å². The molecule has 1 N–H and O–H groups in total. The lowest BCUT2D eigenvalue weighted by Gasteiger charge is -2.20. The average molecular weight is 415 g/mol. The number of carbonyl (C=O) groups is 2. The first-order chi connectivity index (χ1) is 14.0. The molecule has 1 aliphatic rings. The first kappa shape index (κ1) is 20.9. The largest absolute Gasteiger partial charge is 0.497 e. The maximum Gasteiger partial charge on any atom is 0.277 e. The highest BCUT2D eigenvalue weighted by molar-refractivity contribution is 6.35. The molecule has 0 saturated heterocycles. The summed E-state index contributed by atoms with van der Waals surface area (Å²) in [4.78, 5) is 29.2. The molecule has 0 bridgehead atoms. The summed E-state index contributed by atoms with van der Waals surface area (Å²) in [6, 6.07) is 14.3. The van der Waals surface area contributed by atoms with E-state index in [0.29, 0.717) is 34.0 Å². The summed E-state index contributed by atoms with van der Waals surface area (Å²) in [5, 5.41) is 9.95. The molecule has 6 nitrogen and oxygen atoms in total. The van der Waals surface area contributed by atoms with E-state index in [-0.39, 0.29) is 31.5 Å². The quantitative estimate of drug-likeness (QED) is 0.672. The Hall–Kier alpha value is -2.83. The third-order valence-electron chi connectivity index (χ3n) is 4.88. The normalized spacial score (nSPS) is 14.0. The van der Waals surface area contributed by atoms with Gasteiger partial charge in [-0.05, 0) is 41.8 Å². The Morgan fingerprint density at radius 1 is 1.03 bits per heavy atom. The van der Waals surface area contributed by atoms with E-state index in [0.717, 1.165) is 5.56 Å². The SMILES string of the molecule is COc1ccc(C2=C(N(C)CCO)C(=O)N(CCc3ccc(Cl)cc3)C2=O)cc1. The molecule has 7 heteroatoms. The Morgan fingerprint density at radius 2 is 1.69 bits per heavy atom. The molecule has 2 amide bonds. The molecule has 2 aromatic carbocycles. The topological polar surface area (TPSA) is 70.1 Å². The van der Waals surface area contributed by atoms with Gasteiger partial charge in [0.2, 0.25) is 0 Å². The number of amides is 2. The third-order valence-corrected chi connectivity index (χ3v) is 5.13. The summed E-state index contributed by atoms with van der Waals surface area (Å²) in [5.74, 6) is -0.0318. The zero-order chi connectivity index (χ0) is 21.0. The molecule has 2 aromatic rings. The van der Waals surface area contributed by atoms with Gasteiger partial charge in [-0.3, -0.25) is 14.5 Å². The highest BCUT2D eigenvalue weighted by Crippen LogP contribution is 2.32. The number of hydrogen-bond donors (Lipinski definition) is 1. The number of methoxy groups -OCH3 is 1. The molecule has 0 fully saturated rings. The standard InChI is InChI=1S/C22H23ClN2O4/c1-24(13-14-26)20-19(16-5-9-18(29-2)10-6-16)21(27)25(22(20)28)12-11-15-3-7-17(23)8-4-15/h3-10,26H,11-14H2,1-2H3. The number of imide groups is 1. The number of carbonyl (C=O) groups excluding carboxylic acids is 2. The van der Waals surface area contributed by atoms with E-state index >= 15 is 0 Å². The van der Waals surface area contributed by atoms with Gasteiger partial charge in [-0.1, -0.05) is 35.9 Å². The first-order valence-corrected chi connectivity index (χ1v) is 9.65. The predicted molar refractivity (Wildman–Crippen MR) is 112 cm³/mol. The van der Waals surface area contributed by atoms with Gasteiger partial charge in [0.05, 0.1) is 19.3 Å². The van der Waals surface area contributed by atoms with Gasteiger partial charge < -0.3 is 14.7 Å². The molecule has 1 aliphatic heterocycles. The van der Waals surface area contributed by atoms with Crippen molar-refractivity contribution in [3.05, 3.63) is 70.4 Å². The van der Waals surface area contributed by atoms with Crippen LogP contribution in [0.2, 0.25) is 5.02 Å². The zero-order valence-electron chi connectivity index (χ0n) is 16.4. The second-order valence-electron chi connectivity index (χ2n) is 6.74. The van der Waals surface area contributed by atoms with Crippen LogP contribution in [0.3, 0.4) is 0 Å². The van der Waals surface area contributed by atoms with Crippen molar-refractivity contribution >= 4 is 29.0 Å². The molecular formula is C22H23ClN2O4. The molecule has 0 spiro atoms. The van der Waals surface area contributed by atoms with Crippen LogP contribution in [0.5, 0.6) is 5.75 Å². The average Bonchev–Trinajstić information content (AvgIpc) is 2.98. The van der Waals surface area contributed by atoms with Crippen molar-refractivity contribution < 1.29 is 19.4 Å². The van der Waals surface area contributed by atoms with E-state index in [1.54, 1.807) is 55.5 Å². The number of hydrogen-bond acceptors (Lipinski definition) is 5. The van der Waals surface area contributed by atoms with Crippen molar-refractivity contribution in [2.75, 3.05) is 33.9 Å². The molecule has 152 valence electrons. The second-order valence-corrected chi connectivity index (χ2v) is 7.17. The van der Waals surface area contributed by atoms with Crippen LogP contribution in [-0.4, -0.2) is 60.6 Å². The lowest BCUT2D eigenvalue weighted by molar-refractivity contribution is -0.137. The van der Waals surface area contributed by atoms with Crippen LogP contribution >= 0.6 is 11.6 Å². The summed E-state index contributed by atoms with van der Waals surface area (Å²) >= 11 is 5.92. The lowest BCUT2D eigenvalue weighted by atomic mass is 10.0. The minimum absolute atomic E-state index is 0.123. The third kappa shape index (κ3) is 4.44. The van der Waals surface area contributed by atoms with Gasteiger partial charge >= 0.3 is 0 Å². The van der Waals surface area contributed by atoms with Crippen LogP contribution in [0.1, 0.15) is 11.1 Å². The Balaban J connectivity index is 1.89. The monoisotopic (exact) mass is 414 g/mol. The van der Waals surface area contributed by atoms with Crippen molar-refractivity contribution in [2.45, 2.75) is 6.42 Å². The number of aliphatic hydroxyl groups is 1. The van der Waals surface area contributed by atoms with Crippen molar-refractivity contribution in [2.24, 2.45) is 0 Å². The van der Waals surface area contributed by atoms with E-state index in [2.05, 4.69) is 0 Å². The van der Waals surface area contributed by atoms with E-state index in [4.69, 9.17) is 16.3 Å². The van der Waals surface area contributed by atoms with Crippen LogP contribution in [0.25, 0.3) is 5.57 Å². The zero-order valence-corrected chi connectivity index (χ0v) is 17.1. The molecule has 0 saturated carbocycles. The van der Waals surface area contributed by atoms with E-state index in [9.17, 15) is 14.7 Å². The van der Waals surface area contributed by atoms with Gasteiger partial charge in [-0.15, -0.1) is 0 Å². The highest BCUT2D eigenvalue weighted by atomic mass is 35.5. The van der Waals surface area contributed by atoms with Crippen molar-refractivity contribution in [3.63, 3.8) is 0 Å². The van der Waals surface area contributed by atoms with Crippen molar-refractivity contribution in [3.8, 4) is 5.75 Å². The van der Waals surface area contributed by atoms with Crippen LogP contribution in [-0.2, 0) is 16.0 Å². The maximum atomic E-state index is 13.2. The molecule has 29 heavy (non-hydrogen) atoms. The minimum atomic E-state index is -0.356. The molecule has 3 rings (SSSR count). The molecule has 1 heterocycles. The fourth-order valence-electron chi connectivity index (χ4n) is 3.29. The van der Waals surface area contributed by atoms with Crippen molar-refractivity contribution in [1.29, 1.82) is 0 Å². The molecule has 0 aromatic heterocycles. The summed E-state index contributed by atoms with van der Waals surface area (Å²) in [5.41, 5.74) is 2.26. The molecule has 0 radical (unpaired) electrons. The van der Waals surface area contributed by atoms with Gasteiger partial charge in [0, 0.05) is 25.2 Å². The maximum absolute atomic E-state index is 13.2. The Kier molecular flexibility index (Phi) is 6.56. The number of nitrogens with zero attached hydrogens (tertiary/aromatic N) is 2. The Labute approximate surface area is 174 Å². The lowest BCUT2D eigenvalue weighted by Crippen LogP contribution is -2.36. The molecule has 0 aliphatic carbocycles. The minimum Gasteiger partial charge on any atom is -0.497 e. The van der Waals surface area contributed by atoms with Gasteiger partial charge in [0.1, 0.15) is 11.4 Å². The molecule has 0 atom stereocenters. The summed E-state index contributed by atoms with van der Waals surface area (Å²) < 4.78 is 5.18.